The van der Waals surface area contributed by atoms with Gasteiger partial charge in [0.1, 0.15) is 0 Å². The molecule has 1 aliphatic rings. The predicted molar refractivity (Wildman–Crippen MR) is 362 cm³/mol. The molecule has 84 heavy (non-hydrogen) atoms. The van der Waals surface area contributed by atoms with Crippen LogP contribution in [-0.4, -0.2) is 27.5 Å². The van der Waals surface area contributed by atoms with Crippen molar-refractivity contribution in [2.45, 2.75) is 38.9 Å². The van der Waals surface area contributed by atoms with Crippen molar-refractivity contribution >= 4 is 137 Å². The molecule has 0 aliphatic carbocycles. The largest absolute Gasteiger partial charge is 0.494 e. The van der Waals surface area contributed by atoms with E-state index in [1.54, 1.807) is 0 Å². The Balaban J connectivity index is 0.000000113. The third-order valence-electron chi connectivity index (χ3n) is 17.7. The molecule has 0 unspecified atom stereocenters. The van der Waals surface area contributed by atoms with Crippen LogP contribution in [-0.2, 0) is 9.31 Å². The summed E-state index contributed by atoms with van der Waals surface area (Å²) in [5.74, 6) is 0. The van der Waals surface area contributed by atoms with Crippen molar-refractivity contribution in [2.75, 3.05) is 0 Å². The predicted octanol–water partition coefficient (Wildman–Crippen LogP) is 20.9. The highest BCUT2D eigenvalue weighted by Crippen LogP contribution is 2.42. The zero-order chi connectivity index (χ0) is 56.7. The maximum absolute atomic E-state index is 6.28. The number of nitrogens with zero attached hydrogens (tertiary/aromatic N) is 2. The maximum atomic E-state index is 6.28. The molecule has 0 bridgehead atoms. The smallest absolute Gasteiger partial charge is 0.399 e. The van der Waals surface area contributed by atoms with E-state index < -0.39 is 0 Å². The molecule has 2 aromatic heterocycles. The fraction of sp³-hybridized carbons (Fsp3) is 0.0769. The standard InChI is InChI=1S/C36H23N.C24H23BO2.C18H12BrN/c1-2-10-26(11-3-1)37-35-17-9-8-16-32(35)34-23-25(19-21-36(34)37)24-18-20-31-29-14-5-4-12-27(29)28-13-6-7-15-30(28)33(31)22-24;1-23(2)24(3,4)27-25(26-23)16-13-14-21-19-11-6-5-9-17(19)18-10-7-8-12-20(18)22(21)15-16;19-13-10-11-18-16(12-13)15-8-4-5-9-17(15)20(18)14-6-2-1-3-7-14/h1-23H;5-15H,1-4H3;1-12H. The molecular weight excluding hydrogens is 1090 g/mol. The lowest BCUT2D eigenvalue weighted by molar-refractivity contribution is 0.00578. The molecule has 0 radical (unpaired) electrons. The van der Waals surface area contributed by atoms with Crippen LogP contribution in [0, 0.1) is 0 Å². The van der Waals surface area contributed by atoms with E-state index in [1.807, 2.05) is 6.07 Å². The fourth-order valence-electron chi connectivity index (χ4n) is 12.9. The molecule has 1 aliphatic heterocycles. The summed E-state index contributed by atoms with van der Waals surface area (Å²) in [5.41, 5.74) is 10.2. The first-order chi connectivity index (χ1) is 41.1. The van der Waals surface area contributed by atoms with Gasteiger partial charge < -0.3 is 18.4 Å². The van der Waals surface area contributed by atoms with Gasteiger partial charge in [0, 0.05) is 37.4 Å². The first kappa shape index (κ1) is 51.6. The van der Waals surface area contributed by atoms with Crippen LogP contribution >= 0.6 is 15.9 Å². The van der Waals surface area contributed by atoms with E-state index in [1.165, 1.54) is 131 Å². The second-order valence-corrected chi connectivity index (χ2v) is 24.0. The van der Waals surface area contributed by atoms with Gasteiger partial charge in [0.05, 0.1) is 33.3 Å². The average Bonchev–Trinajstić information content (AvgIpc) is 4.29. The van der Waals surface area contributed by atoms with Crippen LogP contribution in [0.5, 0.6) is 0 Å². The number of benzene rings is 14. The number of hydrogen-bond acceptors (Lipinski definition) is 2. The third-order valence-corrected chi connectivity index (χ3v) is 18.2. The van der Waals surface area contributed by atoms with Crippen LogP contribution in [0.25, 0.3) is 131 Å². The number of para-hydroxylation sites is 4. The molecule has 1 fully saturated rings. The van der Waals surface area contributed by atoms with E-state index in [9.17, 15) is 0 Å². The molecule has 4 nitrogen and oxygen atoms in total. The molecule has 14 aromatic carbocycles. The second-order valence-electron chi connectivity index (χ2n) is 23.1. The van der Waals surface area contributed by atoms with Gasteiger partial charge in [0.15, 0.2) is 0 Å². The topological polar surface area (TPSA) is 28.3 Å². The fourth-order valence-corrected chi connectivity index (χ4v) is 13.3. The summed E-state index contributed by atoms with van der Waals surface area (Å²) in [7, 11) is -0.343. The molecule has 0 spiro atoms. The van der Waals surface area contributed by atoms with Crippen molar-refractivity contribution in [3.8, 4) is 22.5 Å². The molecule has 0 atom stereocenters. The van der Waals surface area contributed by atoms with E-state index in [0.717, 1.165) is 9.94 Å². The Bertz CT molecular complexity index is 5150. The minimum Gasteiger partial charge on any atom is -0.399 e. The van der Waals surface area contributed by atoms with Crippen LogP contribution in [0.4, 0.5) is 0 Å². The van der Waals surface area contributed by atoms with E-state index >= 15 is 0 Å². The lowest BCUT2D eigenvalue weighted by Gasteiger charge is -2.32. The molecule has 402 valence electrons. The Morgan fingerprint density at radius 2 is 0.583 bits per heavy atom. The number of fused-ring (bicyclic) bond motifs is 18. The van der Waals surface area contributed by atoms with Crippen molar-refractivity contribution in [3.05, 3.63) is 284 Å². The van der Waals surface area contributed by atoms with Crippen molar-refractivity contribution in [2.24, 2.45) is 0 Å². The Morgan fingerprint density at radius 3 is 1.04 bits per heavy atom. The minimum absolute atomic E-state index is 0.335. The summed E-state index contributed by atoms with van der Waals surface area (Å²) >= 11 is 3.57. The Hall–Kier alpha value is -9.30. The highest BCUT2D eigenvalue weighted by molar-refractivity contribution is 9.10. The SMILES string of the molecule is Brc1ccc2c(c1)c1ccccc1n2-c1ccccc1.CC1(C)OB(c2ccc3c4ccccc4c4ccccc4c3c2)OC1(C)C.c1ccc(-n2c3ccccc3c3cc(-c4ccc5c6ccccc6c6ccccc6c5c4)ccc32)cc1. The highest BCUT2D eigenvalue weighted by Gasteiger charge is 2.51. The van der Waals surface area contributed by atoms with E-state index in [0.29, 0.717) is 0 Å². The zero-order valence-electron chi connectivity index (χ0n) is 47.2. The van der Waals surface area contributed by atoms with Crippen molar-refractivity contribution in [3.63, 3.8) is 0 Å². The lowest BCUT2D eigenvalue weighted by Crippen LogP contribution is -2.41. The van der Waals surface area contributed by atoms with Gasteiger partial charge in [-0.15, -0.1) is 0 Å². The van der Waals surface area contributed by atoms with Gasteiger partial charge in [-0.1, -0.05) is 222 Å². The Kier molecular flexibility index (Phi) is 12.6. The summed E-state index contributed by atoms with van der Waals surface area (Å²) in [6.45, 7) is 8.38. The zero-order valence-corrected chi connectivity index (χ0v) is 48.8. The molecule has 3 heterocycles. The molecule has 0 saturated carbocycles. The summed E-state index contributed by atoms with van der Waals surface area (Å²) in [6.07, 6.45) is 0. The summed E-state index contributed by atoms with van der Waals surface area (Å²) in [5, 5.41) is 20.6. The second kappa shape index (κ2) is 20.5. The molecule has 17 rings (SSSR count). The quantitative estimate of drug-likeness (QED) is 0.130. The first-order valence-corrected chi connectivity index (χ1v) is 29.7. The number of rotatable bonds is 4. The maximum Gasteiger partial charge on any atom is 0.494 e. The monoisotopic (exact) mass is 1140 g/mol. The Labute approximate surface area is 497 Å². The van der Waals surface area contributed by atoms with E-state index in [4.69, 9.17) is 9.31 Å². The van der Waals surface area contributed by atoms with E-state index in [-0.39, 0.29) is 18.3 Å². The Morgan fingerprint density at radius 1 is 0.274 bits per heavy atom. The van der Waals surface area contributed by atoms with Gasteiger partial charge in [0.2, 0.25) is 0 Å². The molecule has 16 aromatic rings. The third kappa shape index (κ3) is 8.66. The van der Waals surface area contributed by atoms with Gasteiger partial charge in [-0.2, -0.15) is 0 Å². The van der Waals surface area contributed by atoms with Gasteiger partial charge in [-0.05, 0) is 182 Å². The van der Waals surface area contributed by atoms with Gasteiger partial charge in [-0.25, -0.2) is 0 Å². The van der Waals surface area contributed by atoms with Crippen LogP contribution in [0.15, 0.2) is 284 Å². The number of hydrogen-bond donors (Lipinski definition) is 0. The minimum atomic E-state index is -0.343. The van der Waals surface area contributed by atoms with Crippen LogP contribution < -0.4 is 5.46 Å². The van der Waals surface area contributed by atoms with Crippen molar-refractivity contribution in [1.29, 1.82) is 0 Å². The molecule has 1 saturated heterocycles. The molecule has 0 amide bonds. The molecule has 0 N–H and O–H groups in total. The van der Waals surface area contributed by atoms with Crippen LogP contribution in [0.2, 0.25) is 0 Å². The molecular formula is C78H58BBrN2O2. The molecule has 6 heteroatoms. The van der Waals surface area contributed by atoms with Crippen molar-refractivity contribution < 1.29 is 9.31 Å². The first-order valence-electron chi connectivity index (χ1n) is 28.9. The average molecular weight is 1150 g/mol. The number of aromatic nitrogens is 2. The number of halogens is 1. The summed E-state index contributed by atoms with van der Waals surface area (Å²) in [4.78, 5) is 0. The van der Waals surface area contributed by atoms with Crippen LogP contribution in [0.3, 0.4) is 0 Å². The summed E-state index contributed by atoms with van der Waals surface area (Å²) < 4.78 is 18.4. The van der Waals surface area contributed by atoms with Gasteiger partial charge >= 0.3 is 7.12 Å². The summed E-state index contributed by atoms with van der Waals surface area (Å²) in [6, 6.07) is 100. The normalized spacial score (nSPS) is 13.8. The van der Waals surface area contributed by atoms with Gasteiger partial charge in [-0.3, -0.25) is 0 Å². The van der Waals surface area contributed by atoms with Crippen molar-refractivity contribution in [1.82, 2.24) is 9.13 Å². The highest BCUT2D eigenvalue weighted by atomic mass is 79.9. The van der Waals surface area contributed by atoms with Crippen LogP contribution in [0.1, 0.15) is 27.7 Å². The lowest BCUT2D eigenvalue weighted by atomic mass is 9.77. The van der Waals surface area contributed by atoms with E-state index in [2.05, 4.69) is 326 Å². The van der Waals surface area contributed by atoms with Gasteiger partial charge in [0.25, 0.3) is 0 Å².